The summed E-state index contributed by atoms with van der Waals surface area (Å²) < 4.78 is 61.8. The van der Waals surface area contributed by atoms with Gasteiger partial charge in [-0.15, -0.1) is 0 Å². The summed E-state index contributed by atoms with van der Waals surface area (Å²) in [5, 5.41) is 3.85. The average Bonchev–Trinajstić information content (AvgIpc) is 3.16. The lowest BCUT2D eigenvalue weighted by atomic mass is 9.94. The summed E-state index contributed by atoms with van der Waals surface area (Å²) >= 11 is 0. The van der Waals surface area contributed by atoms with Gasteiger partial charge in [0.05, 0.1) is 11.9 Å². The molecule has 0 amide bonds. The van der Waals surface area contributed by atoms with Crippen LogP contribution >= 0.6 is 0 Å². The largest absolute Gasteiger partial charge is 0.439 e. The molecule has 11 heteroatoms. The number of nitrogens with zero attached hydrogens (tertiary/aromatic N) is 4. The van der Waals surface area contributed by atoms with Crippen LogP contribution in [0.4, 0.5) is 14.7 Å². The smallest absolute Gasteiger partial charge is 0.267 e. The van der Waals surface area contributed by atoms with Crippen LogP contribution < -0.4 is 9.46 Å². The van der Waals surface area contributed by atoms with Gasteiger partial charge in [-0.05, 0) is 24.1 Å². The second-order valence-corrected chi connectivity index (χ2v) is 8.76. The fourth-order valence-corrected chi connectivity index (χ4v) is 3.97. The number of anilines is 1. The number of halogens is 2. The summed E-state index contributed by atoms with van der Waals surface area (Å²) in [6.07, 6.45) is 3.33. The van der Waals surface area contributed by atoms with Crippen molar-refractivity contribution < 1.29 is 21.9 Å². The van der Waals surface area contributed by atoms with Crippen LogP contribution in [0.25, 0.3) is 5.57 Å². The molecule has 2 heterocycles. The molecule has 0 aliphatic heterocycles. The third-order valence-corrected chi connectivity index (χ3v) is 5.90. The average molecular weight is 447 g/mol. The monoisotopic (exact) mass is 447 g/mol. The topological polar surface area (TPSA) is 99.0 Å². The van der Waals surface area contributed by atoms with Crippen molar-refractivity contribution in [2.75, 3.05) is 4.72 Å². The molecule has 0 saturated heterocycles. The first-order valence-electron chi connectivity index (χ1n) is 9.41. The van der Waals surface area contributed by atoms with Crippen LogP contribution in [0.1, 0.15) is 25.0 Å². The van der Waals surface area contributed by atoms with Crippen molar-refractivity contribution in [3.8, 4) is 11.6 Å². The maximum Gasteiger partial charge on any atom is 0.267 e. The molecule has 31 heavy (non-hydrogen) atoms. The molecule has 1 aliphatic carbocycles. The van der Waals surface area contributed by atoms with Crippen molar-refractivity contribution in [3.05, 3.63) is 60.6 Å². The molecule has 8 nitrogen and oxygen atoms in total. The van der Waals surface area contributed by atoms with E-state index >= 15 is 0 Å². The standard InChI is InChI=1S/C20H19F2N5O3S/c1-27-13-16(12-23-27)31(28,29)26-19-24-17(14-7-9-20(21,22)10-8-14)11-18(25-19)30-15-5-3-2-4-6-15/h2-7,11-13H,8-10H2,1H3,(H,24,25,26). The van der Waals surface area contributed by atoms with E-state index in [9.17, 15) is 17.2 Å². The van der Waals surface area contributed by atoms with Crippen LogP contribution in [0.5, 0.6) is 11.6 Å². The van der Waals surface area contributed by atoms with Gasteiger partial charge in [0.2, 0.25) is 11.8 Å². The highest BCUT2D eigenvalue weighted by Crippen LogP contribution is 2.37. The van der Waals surface area contributed by atoms with E-state index in [2.05, 4.69) is 19.8 Å². The molecule has 0 saturated carbocycles. The number of allylic oxidation sites excluding steroid dienone is 2. The van der Waals surface area contributed by atoms with Crippen molar-refractivity contribution in [2.24, 2.45) is 7.05 Å². The van der Waals surface area contributed by atoms with Gasteiger partial charge >= 0.3 is 0 Å². The lowest BCUT2D eigenvalue weighted by Gasteiger charge is -2.21. The van der Waals surface area contributed by atoms with Crippen molar-refractivity contribution in [1.82, 2.24) is 19.7 Å². The third kappa shape index (κ3) is 5.05. The number of hydrogen-bond acceptors (Lipinski definition) is 6. The molecule has 0 bridgehead atoms. The Kier molecular flexibility index (Phi) is 5.44. The Morgan fingerprint density at radius 3 is 2.61 bits per heavy atom. The molecular weight excluding hydrogens is 428 g/mol. The Morgan fingerprint density at radius 2 is 1.97 bits per heavy atom. The molecule has 2 aromatic heterocycles. The van der Waals surface area contributed by atoms with E-state index in [1.54, 1.807) is 31.3 Å². The zero-order valence-electron chi connectivity index (χ0n) is 16.5. The Balaban J connectivity index is 1.70. The van der Waals surface area contributed by atoms with Crippen LogP contribution in [0.15, 0.2) is 59.8 Å². The summed E-state index contributed by atoms with van der Waals surface area (Å²) in [4.78, 5) is 8.32. The maximum absolute atomic E-state index is 13.6. The number of aromatic nitrogens is 4. The summed E-state index contributed by atoms with van der Waals surface area (Å²) in [7, 11) is -2.41. The van der Waals surface area contributed by atoms with Crippen LogP contribution in [-0.4, -0.2) is 34.1 Å². The number of rotatable bonds is 6. The van der Waals surface area contributed by atoms with Crippen LogP contribution in [-0.2, 0) is 17.1 Å². The molecule has 0 atom stereocenters. The van der Waals surface area contributed by atoms with Crippen molar-refractivity contribution in [3.63, 3.8) is 0 Å². The minimum atomic E-state index is -4.00. The summed E-state index contributed by atoms with van der Waals surface area (Å²) in [5.74, 6) is -2.42. The van der Waals surface area contributed by atoms with Gasteiger partial charge in [-0.2, -0.15) is 10.1 Å². The third-order valence-electron chi connectivity index (χ3n) is 4.62. The second-order valence-electron chi connectivity index (χ2n) is 7.07. The van der Waals surface area contributed by atoms with E-state index in [0.717, 1.165) is 0 Å². The quantitative estimate of drug-likeness (QED) is 0.613. The number of alkyl halides is 2. The van der Waals surface area contributed by atoms with Gasteiger partial charge in [0, 0.05) is 32.2 Å². The first-order valence-corrected chi connectivity index (χ1v) is 10.9. The maximum atomic E-state index is 13.6. The van der Waals surface area contributed by atoms with E-state index < -0.39 is 22.4 Å². The first kappa shape index (κ1) is 20.9. The number of ether oxygens (including phenoxy) is 1. The molecule has 0 unspecified atom stereocenters. The summed E-state index contributed by atoms with van der Waals surface area (Å²) in [6.45, 7) is 0. The molecule has 3 aromatic rings. The minimum absolute atomic E-state index is 0.0638. The van der Waals surface area contributed by atoms with Gasteiger partial charge in [-0.3, -0.25) is 4.68 Å². The molecule has 0 fully saturated rings. The molecular formula is C20H19F2N5O3S. The summed E-state index contributed by atoms with van der Waals surface area (Å²) in [6, 6.07) is 10.3. The SMILES string of the molecule is Cn1cc(S(=O)(=O)Nc2nc(Oc3ccccc3)cc(C3=CCC(F)(F)CC3)n2)cn1. The van der Waals surface area contributed by atoms with Gasteiger partial charge in [-0.25, -0.2) is 26.9 Å². The predicted octanol–water partition coefficient (Wildman–Crippen LogP) is 4.01. The van der Waals surface area contributed by atoms with Gasteiger partial charge in [0.15, 0.2) is 0 Å². The zero-order valence-corrected chi connectivity index (χ0v) is 17.3. The van der Waals surface area contributed by atoms with Crippen molar-refractivity contribution in [2.45, 2.75) is 30.1 Å². The predicted molar refractivity (Wildman–Crippen MR) is 109 cm³/mol. The molecule has 1 aliphatic rings. The molecule has 162 valence electrons. The van der Waals surface area contributed by atoms with E-state index in [4.69, 9.17) is 4.74 Å². The number of hydrogen-bond donors (Lipinski definition) is 1. The van der Waals surface area contributed by atoms with Gasteiger partial charge in [0.1, 0.15) is 10.6 Å². The molecule has 4 rings (SSSR count). The Bertz CT molecular complexity index is 1230. The van der Waals surface area contributed by atoms with E-state index in [1.165, 1.54) is 29.2 Å². The lowest BCUT2D eigenvalue weighted by molar-refractivity contribution is -0.00605. The fraction of sp³-hybridized carbons (Fsp3) is 0.250. The number of benzene rings is 1. The highest BCUT2D eigenvalue weighted by atomic mass is 32.2. The normalized spacial score (nSPS) is 15.9. The van der Waals surface area contributed by atoms with Crippen molar-refractivity contribution >= 4 is 21.5 Å². The van der Waals surface area contributed by atoms with E-state index in [0.29, 0.717) is 17.0 Å². The second kappa shape index (κ2) is 8.06. The molecule has 0 spiro atoms. The van der Waals surface area contributed by atoms with Crippen LogP contribution in [0.3, 0.4) is 0 Å². The number of nitrogens with one attached hydrogen (secondary N) is 1. The minimum Gasteiger partial charge on any atom is -0.439 e. The highest BCUT2D eigenvalue weighted by Gasteiger charge is 2.31. The Labute approximate surface area is 177 Å². The number of aryl methyl sites for hydroxylation is 1. The Hall–Kier alpha value is -3.34. The summed E-state index contributed by atoms with van der Waals surface area (Å²) in [5.41, 5.74) is 0.897. The first-order chi connectivity index (χ1) is 14.7. The van der Waals surface area contributed by atoms with E-state index in [-0.39, 0.29) is 29.6 Å². The fourth-order valence-electron chi connectivity index (χ4n) is 3.04. The zero-order chi connectivity index (χ0) is 22.1. The van der Waals surface area contributed by atoms with Gasteiger partial charge < -0.3 is 4.74 Å². The number of para-hydroxylation sites is 1. The van der Waals surface area contributed by atoms with Crippen molar-refractivity contribution in [1.29, 1.82) is 0 Å². The Morgan fingerprint density at radius 1 is 1.19 bits per heavy atom. The molecule has 0 radical (unpaired) electrons. The number of sulfonamides is 1. The van der Waals surface area contributed by atoms with Gasteiger partial charge in [0.25, 0.3) is 15.9 Å². The molecule has 1 aromatic carbocycles. The van der Waals surface area contributed by atoms with Gasteiger partial charge in [-0.1, -0.05) is 24.3 Å². The van der Waals surface area contributed by atoms with Crippen LogP contribution in [0, 0.1) is 0 Å². The molecule has 1 N–H and O–H groups in total. The lowest BCUT2D eigenvalue weighted by Crippen LogP contribution is -2.19. The van der Waals surface area contributed by atoms with Crippen LogP contribution in [0.2, 0.25) is 0 Å². The highest BCUT2D eigenvalue weighted by molar-refractivity contribution is 7.92. The van der Waals surface area contributed by atoms with E-state index in [1.807, 2.05) is 6.07 Å².